The van der Waals surface area contributed by atoms with Crippen LogP contribution in [-0.4, -0.2) is 48.2 Å². The Morgan fingerprint density at radius 3 is 2.25 bits per heavy atom. The fourth-order valence-electron chi connectivity index (χ4n) is 1.27. The van der Waals surface area contributed by atoms with Crippen molar-refractivity contribution in [3.8, 4) is 0 Å². The van der Waals surface area contributed by atoms with Crippen LogP contribution in [0.3, 0.4) is 0 Å². The lowest BCUT2D eigenvalue weighted by atomic mass is 10.3. The molecule has 0 spiro atoms. The summed E-state index contributed by atoms with van der Waals surface area (Å²) in [5, 5.41) is 6.40. The van der Waals surface area contributed by atoms with E-state index in [0.717, 1.165) is 12.8 Å². The second-order valence-electron chi connectivity index (χ2n) is 4.10. The van der Waals surface area contributed by atoms with Gasteiger partial charge < -0.3 is 14.6 Å². The Bertz CT molecular complexity index is 416. The second kappa shape index (κ2) is 8.88. The number of ether oxygens (including phenoxy) is 2. The van der Waals surface area contributed by atoms with Gasteiger partial charge in [0.2, 0.25) is 6.29 Å². The molecule has 2 unspecified atom stereocenters. The molecule has 2 N–H and O–H groups in total. The molecule has 9 heteroatoms. The van der Waals surface area contributed by atoms with E-state index in [1.807, 2.05) is 6.92 Å². The fourth-order valence-corrected chi connectivity index (χ4v) is 1.92. The molecule has 0 fully saturated rings. The van der Waals surface area contributed by atoms with Gasteiger partial charge in [-0.05, 0) is 6.42 Å². The predicted molar refractivity (Wildman–Crippen MR) is 68.6 cm³/mol. The maximum absolute atomic E-state index is 11.6. The van der Waals surface area contributed by atoms with E-state index in [-0.39, 0.29) is 6.42 Å². The molecule has 0 heterocycles. The molecule has 0 aromatic rings. The zero-order valence-electron chi connectivity index (χ0n) is 11.4. The van der Waals surface area contributed by atoms with Gasteiger partial charge in [-0.15, -0.1) is 0 Å². The van der Waals surface area contributed by atoms with Crippen molar-refractivity contribution in [3.63, 3.8) is 0 Å². The minimum atomic E-state index is -4.85. The van der Waals surface area contributed by atoms with Crippen LogP contribution in [-0.2, 0) is 29.2 Å². The maximum Gasteiger partial charge on any atom is 0.329 e. The number of hydrogen-bond acceptors (Lipinski definition) is 6. The topological polar surface area (TPSA) is 127 Å². The first-order valence-corrected chi connectivity index (χ1v) is 7.72. The Morgan fingerprint density at radius 2 is 1.85 bits per heavy atom. The third-order valence-electron chi connectivity index (χ3n) is 2.37. The summed E-state index contributed by atoms with van der Waals surface area (Å²) in [6, 6.07) is 0. The Morgan fingerprint density at radius 1 is 1.25 bits per heavy atom. The highest BCUT2D eigenvalue weighted by Crippen LogP contribution is 2.11. The fraction of sp³-hybridized carbons (Fsp3) is 0.818. The molecule has 20 heavy (non-hydrogen) atoms. The van der Waals surface area contributed by atoms with E-state index >= 15 is 0 Å². The van der Waals surface area contributed by atoms with E-state index in [4.69, 9.17) is 19.1 Å². The lowest BCUT2D eigenvalue weighted by Crippen LogP contribution is -2.36. The molecule has 0 aromatic carbocycles. The molecule has 8 nitrogen and oxygen atoms in total. The van der Waals surface area contributed by atoms with E-state index < -0.39 is 40.0 Å². The lowest BCUT2D eigenvalue weighted by molar-refractivity contribution is -0.180. The predicted octanol–water partition coefficient (Wildman–Crippen LogP) is 0.814. The number of aliphatic carboxylic acids is 1. The Labute approximate surface area is 117 Å². The van der Waals surface area contributed by atoms with E-state index in [9.17, 15) is 18.0 Å². The first-order chi connectivity index (χ1) is 9.22. The van der Waals surface area contributed by atoms with Crippen molar-refractivity contribution in [2.45, 2.75) is 51.1 Å². The van der Waals surface area contributed by atoms with Crippen LogP contribution < -0.4 is 0 Å². The minimum absolute atomic E-state index is 0.278. The molecule has 0 saturated carbocycles. The van der Waals surface area contributed by atoms with Crippen molar-refractivity contribution >= 4 is 22.1 Å². The highest BCUT2D eigenvalue weighted by molar-refractivity contribution is 7.87. The number of carboxylic acid groups (broad SMARTS) is 1. The second-order valence-corrected chi connectivity index (χ2v) is 5.70. The van der Waals surface area contributed by atoms with Crippen LogP contribution in [0, 0.1) is 0 Å². The highest BCUT2D eigenvalue weighted by Gasteiger charge is 2.36. The first kappa shape index (κ1) is 18.8. The van der Waals surface area contributed by atoms with Crippen molar-refractivity contribution in [3.05, 3.63) is 0 Å². The minimum Gasteiger partial charge on any atom is -0.481 e. The highest BCUT2D eigenvalue weighted by atomic mass is 32.2. The summed E-state index contributed by atoms with van der Waals surface area (Å²) in [6.07, 6.45) is -0.141. The normalized spacial score (nSPS) is 14.6. The molecule has 0 radical (unpaired) electrons. The van der Waals surface area contributed by atoms with Gasteiger partial charge in [-0.25, -0.2) is 0 Å². The summed E-state index contributed by atoms with van der Waals surface area (Å²) >= 11 is 0. The number of esters is 1. The number of carbonyl (C=O) groups excluding carboxylic acids is 1. The Hall–Kier alpha value is -1.19. The van der Waals surface area contributed by atoms with Crippen molar-refractivity contribution in [2.24, 2.45) is 0 Å². The summed E-state index contributed by atoms with van der Waals surface area (Å²) in [7, 11) is -4.85. The molecular formula is C11H20O8S. The van der Waals surface area contributed by atoms with Gasteiger partial charge >= 0.3 is 11.9 Å². The molecule has 0 bridgehead atoms. The third kappa shape index (κ3) is 7.41. The molecule has 0 saturated heterocycles. The van der Waals surface area contributed by atoms with E-state index in [1.165, 1.54) is 0 Å². The van der Waals surface area contributed by atoms with Crippen LogP contribution in [0.2, 0.25) is 0 Å². The van der Waals surface area contributed by atoms with Gasteiger partial charge in [-0.1, -0.05) is 20.3 Å². The summed E-state index contributed by atoms with van der Waals surface area (Å²) in [4.78, 5) is 22.1. The first-order valence-electron chi connectivity index (χ1n) is 6.22. The van der Waals surface area contributed by atoms with Gasteiger partial charge in [-0.3, -0.25) is 14.1 Å². The van der Waals surface area contributed by atoms with E-state index in [2.05, 4.69) is 0 Å². The standard InChI is InChI=1S/C11H20O8S/c1-3-5-6-18-10(4-2)19-11(14)8(7-9(12)13)20(15,16)17/h8,10H,3-7H2,1-2H3,(H,12,13)(H,15,16,17). The number of rotatable bonds is 10. The summed E-state index contributed by atoms with van der Waals surface area (Å²) in [6.45, 7) is 3.93. The monoisotopic (exact) mass is 312 g/mol. The van der Waals surface area contributed by atoms with Crippen LogP contribution in [0.25, 0.3) is 0 Å². The number of hydrogen-bond donors (Lipinski definition) is 2. The van der Waals surface area contributed by atoms with Gasteiger partial charge in [0.1, 0.15) is 0 Å². The molecule has 0 aromatic heterocycles. The molecule has 0 aliphatic carbocycles. The average Bonchev–Trinajstić information content (AvgIpc) is 2.33. The summed E-state index contributed by atoms with van der Waals surface area (Å²) in [5.74, 6) is -2.87. The Balaban J connectivity index is 4.68. The third-order valence-corrected chi connectivity index (χ3v) is 3.44. The average molecular weight is 312 g/mol. The quantitative estimate of drug-likeness (QED) is 0.262. The molecule has 0 amide bonds. The SMILES string of the molecule is CCCCOC(CC)OC(=O)C(CC(=O)O)S(=O)(=O)O. The number of unbranched alkanes of at least 4 members (excludes halogenated alkanes) is 1. The lowest BCUT2D eigenvalue weighted by Gasteiger charge is -2.19. The maximum atomic E-state index is 11.6. The molecule has 0 aliphatic rings. The number of carboxylic acids is 1. The Kier molecular flexibility index (Phi) is 8.35. The summed E-state index contributed by atoms with van der Waals surface area (Å²) in [5.41, 5.74) is 0. The van der Waals surface area contributed by atoms with Gasteiger partial charge in [0.15, 0.2) is 5.25 Å². The molecule has 118 valence electrons. The zero-order valence-corrected chi connectivity index (χ0v) is 12.3. The van der Waals surface area contributed by atoms with E-state index in [1.54, 1.807) is 6.92 Å². The van der Waals surface area contributed by atoms with Crippen LogP contribution in [0.15, 0.2) is 0 Å². The van der Waals surface area contributed by atoms with Crippen molar-refractivity contribution < 1.29 is 37.1 Å². The van der Waals surface area contributed by atoms with E-state index in [0.29, 0.717) is 6.61 Å². The van der Waals surface area contributed by atoms with Crippen LogP contribution in [0.4, 0.5) is 0 Å². The van der Waals surface area contributed by atoms with Crippen LogP contribution >= 0.6 is 0 Å². The molecular weight excluding hydrogens is 292 g/mol. The molecule has 0 aliphatic heterocycles. The van der Waals surface area contributed by atoms with Gasteiger partial charge in [0, 0.05) is 6.42 Å². The largest absolute Gasteiger partial charge is 0.481 e. The van der Waals surface area contributed by atoms with Crippen LogP contribution in [0.5, 0.6) is 0 Å². The van der Waals surface area contributed by atoms with Crippen molar-refractivity contribution in [1.29, 1.82) is 0 Å². The van der Waals surface area contributed by atoms with Crippen molar-refractivity contribution in [2.75, 3.05) is 6.61 Å². The van der Waals surface area contributed by atoms with Crippen LogP contribution in [0.1, 0.15) is 39.5 Å². The molecule has 0 rings (SSSR count). The van der Waals surface area contributed by atoms with Gasteiger partial charge in [-0.2, -0.15) is 8.42 Å². The van der Waals surface area contributed by atoms with Gasteiger partial charge in [0.25, 0.3) is 10.1 Å². The zero-order chi connectivity index (χ0) is 15.8. The summed E-state index contributed by atoms with van der Waals surface area (Å²) < 4.78 is 40.8. The van der Waals surface area contributed by atoms with Gasteiger partial charge in [0.05, 0.1) is 13.0 Å². The number of carbonyl (C=O) groups is 2. The molecule has 2 atom stereocenters. The smallest absolute Gasteiger partial charge is 0.329 e. The van der Waals surface area contributed by atoms with Crippen molar-refractivity contribution in [1.82, 2.24) is 0 Å².